The predicted molar refractivity (Wildman–Crippen MR) is 166 cm³/mol. The van der Waals surface area contributed by atoms with E-state index in [4.69, 9.17) is 34.8 Å². The Balaban J connectivity index is 2.10. The number of nitrogens with one attached hydrogen (secondary N) is 1. The standard InChI is InChI=1S/C30H34Cl3N3O4S/c1-6-28(30(38)34-19(2)3)35(17-22-10-14-25(31)27(33)15-22)29(37)18-36(23-11-9-21(5)26(32)16-23)41(39,40)24-12-7-20(4)8-13-24/h7-16,19,28H,6,17-18H2,1-5H3,(H,34,38)/t28-/m0/s1. The number of sulfonamides is 1. The van der Waals surface area contributed by atoms with Crippen molar-refractivity contribution in [3.63, 3.8) is 0 Å². The van der Waals surface area contributed by atoms with Gasteiger partial charge in [0.2, 0.25) is 11.8 Å². The number of carbonyl (C=O) groups is 2. The lowest BCUT2D eigenvalue weighted by atomic mass is 10.1. The summed E-state index contributed by atoms with van der Waals surface area (Å²) in [6.07, 6.45) is 0.298. The van der Waals surface area contributed by atoms with Gasteiger partial charge in [-0.05, 0) is 81.6 Å². The molecular formula is C30H34Cl3N3O4S. The molecule has 3 aromatic rings. The average Bonchev–Trinajstić information content (AvgIpc) is 2.90. The number of carbonyl (C=O) groups excluding carboxylic acids is 2. The Morgan fingerprint density at radius 3 is 2.10 bits per heavy atom. The van der Waals surface area contributed by atoms with Crippen LogP contribution in [0.2, 0.25) is 15.1 Å². The number of rotatable bonds is 11. The normalized spacial score (nSPS) is 12.2. The summed E-state index contributed by atoms with van der Waals surface area (Å²) in [6, 6.07) is 15.1. The molecule has 0 aliphatic carbocycles. The van der Waals surface area contributed by atoms with Crippen molar-refractivity contribution in [1.29, 1.82) is 0 Å². The Bertz CT molecular complexity index is 1510. The highest BCUT2D eigenvalue weighted by molar-refractivity contribution is 7.92. The molecule has 0 radical (unpaired) electrons. The largest absolute Gasteiger partial charge is 0.352 e. The molecule has 0 aliphatic heterocycles. The van der Waals surface area contributed by atoms with Crippen molar-refractivity contribution in [2.75, 3.05) is 10.8 Å². The maximum atomic E-state index is 14.1. The summed E-state index contributed by atoms with van der Waals surface area (Å²) in [4.78, 5) is 28.7. The predicted octanol–water partition coefficient (Wildman–Crippen LogP) is 6.79. The lowest BCUT2D eigenvalue weighted by molar-refractivity contribution is -0.140. The van der Waals surface area contributed by atoms with E-state index in [1.54, 1.807) is 56.3 Å². The highest BCUT2D eigenvalue weighted by atomic mass is 35.5. The Hall–Kier alpha value is -2.78. The van der Waals surface area contributed by atoms with Gasteiger partial charge in [-0.3, -0.25) is 13.9 Å². The van der Waals surface area contributed by atoms with Crippen molar-refractivity contribution in [3.8, 4) is 0 Å². The first-order valence-corrected chi connectivity index (χ1v) is 15.7. The minimum absolute atomic E-state index is 0.00676. The average molecular weight is 639 g/mol. The molecule has 0 saturated carbocycles. The second-order valence-corrected chi connectivity index (χ2v) is 13.2. The molecule has 11 heteroatoms. The molecule has 2 amide bonds. The summed E-state index contributed by atoms with van der Waals surface area (Å²) >= 11 is 18.7. The zero-order valence-corrected chi connectivity index (χ0v) is 26.7. The smallest absolute Gasteiger partial charge is 0.264 e. The van der Waals surface area contributed by atoms with Gasteiger partial charge in [-0.2, -0.15) is 0 Å². The van der Waals surface area contributed by atoms with Gasteiger partial charge >= 0.3 is 0 Å². The number of aryl methyl sites for hydroxylation is 2. The summed E-state index contributed by atoms with van der Waals surface area (Å²) in [5, 5.41) is 3.87. The summed E-state index contributed by atoms with van der Waals surface area (Å²) < 4.78 is 28.9. The zero-order chi connectivity index (χ0) is 30.5. The highest BCUT2D eigenvalue weighted by Crippen LogP contribution is 2.29. The number of hydrogen-bond acceptors (Lipinski definition) is 4. The van der Waals surface area contributed by atoms with Crippen molar-refractivity contribution in [1.82, 2.24) is 10.2 Å². The molecule has 3 rings (SSSR count). The molecule has 1 atom stereocenters. The van der Waals surface area contributed by atoms with Crippen molar-refractivity contribution in [2.45, 2.75) is 64.6 Å². The number of benzene rings is 3. The van der Waals surface area contributed by atoms with Gasteiger partial charge in [0, 0.05) is 17.6 Å². The lowest BCUT2D eigenvalue weighted by Gasteiger charge is -2.33. The quantitative estimate of drug-likeness (QED) is 0.251. The van der Waals surface area contributed by atoms with E-state index in [2.05, 4.69) is 5.32 Å². The molecule has 1 N–H and O–H groups in total. The fourth-order valence-corrected chi connectivity index (χ4v) is 6.14. The number of anilines is 1. The van der Waals surface area contributed by atoms with Gasteiger partial charge in [0.1, 0.15) is 12.6 Å². The van der Waals surface area contributed by atoms with Gasteiger partial charge in [-0.15, -0.1) is 0 Å². The third-order valence-corrected chi connectivity index (χ3v) is 9.42. The van der Waals surface area contributed by atoms with E-state index in [1.807, 2.05) is 20.8 Å². The van der Waals surface area contributed by atoms with E-state index in [9.17, 15) is 18.0 Å². The second kappa shape index (κ2) is 13.9. The molecule has 0 fully saturated rings. The van der Waals surface area contributed by atoms with Crippen molar-refractivity contribution in [3.05, 3.63) is 92.4 Å². The first kappa shape index (κ1) is 32.7. The number of halogens is 3. The summed E-state index contributed by atoms with van der Waals surface area (Å²) in [7, 11) is -4.20. The molecule has 3 aromatic carbocycles. The Labute approximate surface area is 257 Å². The molecule has 0 bridgehead atoms. The second-order valence-electron chi connectivity index (χ2n) is 10.1. The molecule has 0 heterocycles. The van der Waals surface area contributed by atoms with Crippen LogP contribution in [0.4, 0.5) is 5.69 Å². The Morgan fingerprint density at radius 2 is 1.54 bits per heavy atom. The van der Waals surface area contributed by atoms with Crippen LogP contribution in [0.15, 0.2) is 65.6 Å². The minimum Gasteiger partial charge on any atom is -0.352 e. The third-order valence-electron chi connectivity index (χ3n) is 6.49. The molecular weight excluding hydrogens is 605 g/mol. The molecule has 0 aromatic heterocycles. The van der Waals surface area contributed by atoms with E-state index < -0.39 is 28.5 Å². The van der Waals surface area contributed by atoms with E-state index in [0.29, 0.717) is 27.1 Å². The first-order valence-electron chi connectivity index (χ1n) is 13.1. The van der Waals surface area contributed by atoms with Crippen LogP contribution in [-0.4, -0.2) is 43.8 Å². The van der Waals surface area contributed by atoms with Gasteiger partial charge in [0.15, 0.2) is 0 Å². The van der Waals surface area contributed by atoms with Gasteiger partial charge in [0.05, 0.1) is 20.6 Å². The van der Waals surface area contributed by atoms with E-state index in [1.165, 1.54) is 23.1 Å². The van der Waals surface area contributed by atoms with E-state index >= 15 is 0 Å². The van der Waals surface area contributed by atoms with Crippen LogP contribution in [0.5, 0.6) is 0 Å². The van der Waals surface area contributed by atoms with Crippen molar-refractivity contribution < 1.29 is 18.0 Å². The fraction of sp³-hybridized carbons (Fsp3) is 0.333. The molecule has 7 nitrogen and oxygen atoms in total. The third kappa shape index (κ3) is 8.16. The van der Waals surface area contributed by atoms with Crippen LogP contribution >= 0.6 is 34.8 Å². The van der Waals surface area contributed by atoms with Crippen LogP contribution in [0, 0.1) is 13.8 Å². The minimum atomic E-state index is -4.20. The molecule has 41 heavy (non-hydrogen) atoms. The maximum absolute atomic E-state index is 14.1. The van der Waals surface area contributed by atoms with Gasteiger partial charge in [-0.25, -0.2) is 8.42 Å². The number of nitrogens with zero attached hydrogens (tertiary/aromatic N) is 2. The Kier molecular flexibility index (Phi) is 11.1. The summed E-state index contributed by atoms with van der Waals surface area (Å²) in [5.74, 6) is -0.920. The monoisotopic (exact) mass is 637 g/mol. The van der Waals surface area contributed by atoms with Gasteiger partial charge < -0.3 is 10.2 Å². The van der Waals surface area contributed by atoms with Crippen LogP contribution in [0.3, 0.4) is 0 Å². The molecule has 0 unspecified atom stereocenters. The van der Waals surface area contributed by atoms with Gasteiger partial charge in [-0.1, -0.05) is 71.6 Å². The summed E-state index contributed by atoms with van der Waals surface area (Å²) in [5.41, 5.74) is 2.50. The van der Waals surface area contributed by atoms with Crippen molar-refractivity contribution >= 4 is 62.3 Å². The highest BCUT2D eigenvalue weighted by Gasteiger charge is 2.34. The van der Waals surface area contributed by atoms with E-state index in [-0.39, 0.29) is 29.1 Å². The van der Waals surface area contributed by atoms with Crippen molar-refractivity contribution in [2.24, 2.45) is 0 Å². The molecule has 0 aliphatic rings. The lowest BCUT2D eigenvalue weighted by Crippen LogP contribution is -2.53. The maximum Gasteiger partial charge on any atom is 0.264 e. The summed E-state index contributed by atoms with van der Waals surface area (Å²) in [6.45, 7) is 8.54. The van der Waals surface area contributed by atoms with Gasteiger partial charge in [0.25, 0.3) is 10.0 Å². The first-order chi connectivity index (χ1) is 19.2. The van der Waals surface area contributed by atoms with Crippen LogP contribution in [-0.2, 0) is 26.2 Å². The Morgan fingerprint density at radius 1 is 0.878 bits per heavy atom. The molecule has 0 spiro atoms. The van der Waals surface area contributed by atoms with E-state index in [0.717, 1.165) is 15.4 Å². The number of amides is 2. The topological polar surface area (TPSA) is 86.8 Å². The molecule has 0 saturated heterocycles. The van der Waals surface area contributed by atoms with Crippen LogP contribution in [0.25, 0.3) is 0 Å². The van der Waals surface area contributed by atoms with Crippen LogP contribution in [0.1, 0.15) is 43.9 Å². The SMILES string of the molecule is CC[C@@H](C(=O)NC(C)C)N(Cc1ccc(Cl)c(Cl)c1)C(=O)CN(c1ccc(C)c(Cl)c1)S(=O)(=O)c1ccc(C)cc1. The number of hydrogen-bond donors (Lipinski definition) is 1. The zero-order valence-electron chi connectivity index (χ0n) is 23.6. The fourth-order valence-electron chi connectivity index (χ4n) is 4.24. The molecule has 220 valence electrons. The van der Waals surface area contributed by atoms with Crippen LogP contribution < -0.4 is 9.62 Å².